The number of hydrogen-bond acceptors (Lipinski definition) is 5. The molecule has 5 aromatic rings. The zero-order valence-electron chi connectivity index (χ0n) is 26.4. The van der Waals surface area contributed by atoms with Crippen molar-refractivity contribution in [3.63, 3.8) is 0 Å². The summed E-state index contributed by atoms with van der Waals surface area (Å²) >= 11 is 0. The Morgan fingerprint density at radius 3 is 1.72 bits per heavy atom. The van der Waals surface area contributed by atoms with Gasteiger partial charge in [0.25, 0.3) is 10.9 Å². The molecule has 0 bridgehead atoms. The number of anilines is 2. The van der Waals surface area contributed by atoms with Crippen LogP contribution >= 0.6 is 7.92 Å². The van der Waals surface area contributed by atoms with Crippen molar-refractivity contribution >= 4 is 29.9 Å². The zero-order chi connectivity index (χ0) is 31.5. The maximum absolute atomic E-state index is 13.4. The average molecular weight is 628 g/mol. The van der Waals surface area contributed by atoms with Gasteiger partial charge >= 0.3 is 0 Å². The third-order valence-electron chi connectivity index (χ3n) is 10.2. The predicted octanol–water partition coefficient (Wildman–Crippen LogP) is 6.49. The largest absolute Gasteiger partial charge is 0.377 e. The molecule has 3 unspecified atom stereocenters. The summed E-state index contributed by atoms with van der Waals surface area (Å²) in [6.45, 7) is 3.12. The van der Waals surface area contributed by atoms with Crippen molar-refractivity contribution in [2.75, 3.05) is 17.2 Å². The van der Waals surface area contributed by atoms with Gasteiger partial charge in [0.1, 0.15) is 16.9 Å². The van der Waals surface area contributed by atoms with E-state index < -0.39 is 24.3 Å². The van der Waals surface area contributed by atoms with Gasteiger partial charge in [-0.1, -0.05) is 128 Å². The highest BCUT2D eigenvalue weighted by Gasteiger charge is 2.46. The first-order chi connectivity index (χ1) is 22.6. The lowest BCUT2D eigenvalue weighted by molar-refractivity contribution is 0.418. The highest BCUT2D eigenvalue weighted by atomic mass is 31.1. The normalized spacial score (nSPS) is 20.6. The van der Waals surface area contributed by atoms with Crippen LogP contribution in [0.3, 0.4) is 0 Å². The van der Waals surface area contributed by atoms with Crippen LogP contribution in [0.1, 0.15) is 50.2 Å². The van der Waals surface area contributed by atoms with E-state index in [4.69, 9.17) is 0 Å². The van der Waals surface area contributed by atoms with Crippen molar-refractivity contribution in [3.05, 3.63) is 153 Å². The Hall–Kier alpha value is -4.05. The molecule has 46 heavy (non-hydrogen) atoms. The quantitative estimate of drug-likeness (QED) is 0.115. The minimum atomic E-state index is -0.717. The topological polar surface area (TPSA) is 70.2 Å². The van der Waals surface area contributed by atoms with Crippen molar-refractivity contribution in [3.8, 4) is 0 Å². The van der Waals surface area contributed by atoms with Gasteiger partial charge in [-0.05, 0) is 80.4 Å². The fourth-order valence-corrected chi connectivity index (χ4v) is 11.3. The Labute approximate surface area is 272 Å². The van der Waals surface area contributed by atoms with Gasteiger partial charge in [0, 0.05) is 12.1 Å². The van der Waals surface area contributed by atoms with Crippen LogP contribution in [0.2, 0.25) is 0 Å². The summed E-state index contributed by atoms with van der Waals surface area (Å²) in [4.78, 5) is 26.8. The molecule has 7 rings (SSSR count). The molecule has 4 atom stereocenters. The van der Waals surface area contributed by atoms with Gasteiger partial charge in [-0.3, -0.25) is 9.59 Å². The summed E-state index contributed by atoms with van der Waals surface area (Å²) < 4.78 is 0. The lowest BCUT2D eigenvalue weighted by atomic mass is 9.75. The Kier molecular flexibility index (Phi) is 8.88. The second-order valence-electron chi connectivity index (χ2n) is 12.9. The van der Waals surface area contributed by atoms with Gasteiger partial charge in [0.2, 0.25) is 0 Å². The summed E-state index contributed by atoms with van der Waals surface area (Å²) in [5.41, 5.74) is 1.86. The molecule has 1 saturated heterocycles. The molecule has 1 saturated carbocycles. The SMILES string of the molecule is C[C@@H](Nc1c(NC(c2ccccc2)(c2ccccc2)C2CCCN2)c(=O)c1=O)C1CCCC1P(c1ccccc1)c1ccccc1. The lowest BCUT2D eigenvalue weighted by Gasteiger charge is -2.43. The number of rotatable bonds is 11. The first kappa shape index (κ1) is 30.6. The van der Waals surface area contributed by atoms with E-state index in [1.807, 2.05) is 36.4 Å². The van der Waals surface area contributed by atoms with E-state index in [2.05, 4.69) is 108 Å². The minimum Gasteiger partial charge on any atom is -0.377 e. The molecular formula is C40H42N3O2P. The van der Waals surface area contributed by atoms with E-state index in [9.17, 15) is 9.59 Å². The molecule has 234 valence electrons. The van der Waals surface area contributed by atoms with Crippen LogP contribution in [0.25, 0.3) is 0 Å². The van der Waals surface area contributed by atoms with Crippen LogP contribution in [-0.4, -0.2) is 24.3 Å². The molecule has 3 N–H and O–H groups in total. The van der Waals surface area contributed by atoms with Crippen LogP contribution < -0.4 is 37.4 Å². The Balaban J connectivity index is 1.23. The third kappa shape index (κ3) is 5.61. The Bertz CT molecular complexity index is 1720. The van der Waals surface area contributed by atoms with E-state index in [0.29, 0.717) is 23.0 Å². The van der Waals surface area contributed by atoms with Crippen molar-refractivity contribution in [2.45, 2.75) is 62.3 Å². The van der Waals surface area contributed by atoms with Crippen LogP contribution in [0.5, 0.6) is 0 Å². The van der Waals surface area contributed by atoms with Crippen LogP contribution in [0.15, 0.2) is 131 Å². The fourth-order valence-electron chi connectivity index (χ4n) is 8.02. The van der Waals surface area contributed by atoms with Gasteiger partial charge in [0.15, 0.2) is 0 Å². The van der Waals surface area contributed by atoms with E-state index >= 15 is 0 Å². The molecule has 1 heterocycles. The maximum atomic E-state index is 13.4. The number of benzene rings is 4. The van der Waals surface area contributed by atoms with Gasteiger partial charge in [-0.15, -0.1) is 0 Å². The molecule has 2 fully saturated rings. The van der Waals surface area contributed by atoms with Crippen molar-refractivity contribution in [1.82, 2.24) is 5.32 Å². The van der Waals surface area contributed by atoms with Gasteiger partial charge in [0.05, 0.1) is 0 Å². The van der Waals surface area contributed by atoms with E-state index in [0.717, 1.165) is 49.8 Å². The summed E-state index contributed by atoms with van der Waals surface area (Å²) in [7, 11) is -0.587. The van der Waals surface area contributed by atoms with Crippen LogP contribution in [0.4, 0.5) is 11.4 Å². The molecule has 0 aromatic heterocycles. The van der Waals surface area contributed by atoms with Crippen LogP contribution in [-0.2, 0) is 5.54 Å². The second-order valence-corrected chi connectivity index (χ2v) is 15.3. The highest BCUT2D eigenvalue weighted by molar-refractivity contribution is 7.73. The summed E-state index contributed by atoms with van der Waals surface area (Å²) in [5, 5.41) is 13.9. The second kappa shape index (κ2) is 13.4. The summed E-state index contributed by atoms with van der Waals surface area (Å²) in [6, 6.07) is 42.6. The molecule has 5 aromatic carbocycles. The molecule has 5 nitrogen and oxygen atoms in total. The standard InChI is InChI=1S/C40H42N3O2P/c1-28(33-24-14-25-34(33)46(31-20-10-4-11-21-31)32-22-12-5-13-23-32)42-36-37(39(45)38(36)44)43-40(35-26-15-27-41-35,29-16-6-2-7-17-29)30-18-8-3-9-19-30/h2-13,16-23,28,33-35,41-43H,14-15,24-27H2,1H3/t28-,33?,34?,35?/m1/s1. The summed E-state index contributed by atoms with van der Waals surface area (Å²) in [6.07, 6.45) is 5.42. The van der Waals surface area contributed by atoms with Gasteiger partial charge in [-0.25, -0.2) is 0 Å². The van der Waals surface area contributed by atoms with Crippen molar-refractivity contribution in [1.29, 1.82) is 0 Å². The first-order valence-corrected chi connectivity index (χ1v) is 18.1. The smallest absolute Gasteiger partial charge is 0.253 e. The van der Waals surface area contributed by atoms with E-state index in [1.54, 1.807) is 0 Å². The molecule has 0 radical (unpaired) electrons. The van der Waals surface area contributed by atoms with Gasteiger partial charge < -0.3 is 16.0 Å². The molecule has 6 heteroatoms. The predicted molar refractivity (Wildman–Crippen MR) is 193 cm³/mol. The molecule has 1 aliphatic heterocycles. The number of hydrogen-bond donors (Lipinski definition) is 3. The lowest BCUT2D eigenvalue weighted by Crippen LogP contribution is -2.54. The first-order valence-electron chi connectivity index (χ1n) is 16.7. The summed E-state index contributed by atoms with van der Waals surface area (Å²) in [5.74, 6) is 0.369. The maximum Gasteiger partial charge on any atom is 0.253 e. The fraction of sp³-hybridized carbons (Fsp3) is 0.300. The molecule has 0 spiro atoms. The van der Waals surface area contributed by atoms with Crippen molar-refractivity contribution in [2.24, 2.45) is 5.92 Å². The Morgan fingerprint density at radius 1 is 0.674 bits per heavy atom. The number of nitrogens with one attached hydrogen (secondary N) is 3. The molecular weight excluding hydrogens is 585 g/mol. The van der Waals surface area contributed by atoms with Gasteiger partial charge in [-0.2, -0.15) is 0 Å². The Morgan fingerprint density at radius 2 is 1.20 bits per heavy atom. The van der Waals surface area contributed by atoms with Crippen molar-refractivity contribution < 1.29 is 0 Å². The molecule has 0 amide bonds. The molecule has 2 aliphatic rings. The zero-order valence-corrected chi connectivity index (χ0v) is 27.3. The average Bonchev–Trinajstić information content (AvgIpc) is 3.84. The third-order valence-corrected chi connectivity index (χ3v) is 13.2. The van der Waals surface area contributed by atoms with E-state index in [1.165, 1.54) is 10.6 Å². The highest BCUT2D eigenvalue weighted by Crippen LogP contribution is 2.51. The van der Waals surface area contributed by atoms with Crippen LogP contribution in [0, 0.1) is 5.92 Å². The molecule has 1 aliphatic carbocycles. The minimum absolute atomic E-state index is 0.0289. The monoisotopic (exact) mass is 627 g/mol. The van der Waals surface area contributed by atoms with E-state index in [-0.39, 0.29) is 12.1 Å².